The fourth-order valence-electron chi connectivity index (χ4n) is 5.81. The summed E-state index contributed by atoms with van der Waals surface area (Å²) in [5.74, 6) is 4.10. The molecule has 2 heteroatoms. The van der Waals surface area contributed by atoms with Crippen molar-refractivity contribution in [3.05, 3.63) is 11.6 Å². The van der Waals surface area contributed by atoms with E-state index in [2.05, 4.69) is 0 Å². The molecule has 0 spiro atoms. The van der Waals surface area contributed by atoms with E-state index in [0.717, 1.165) is 43.4 Å². The molecular formula is C17H24O2. The van der Waals surface area contributed by atoms with Gasteiger partial charge in [0, 0.05) is 6.42 Å². The maximum atomic E-state index is 11.6. The molecule has 4 aliphatic rings. The third-order valence-electron chi connectivity index (χ3n) is 6.58. The van der Waals surface area contributed by atoms with Gasteiger partial charge in [-0.05, 0) is 80.6 Å². The van der Waals surface area contributed by atoms with Crippen LogP contribution in [0.25, 0.3) is 0 Å². The molecule has 3 fully saturated rings. The van der Waals surface area contributed by atoms with E-state index in [0.29, 0.717) is 17.6 Å². The predicted molar refractivity (Wildman–Crippen MR) is 73.5 cm³/mol. The molecule has 0 aromatic rings. The summed E-state index contributed by atoms with van der Waals surface area (Å²) in [7, 11) is 0. The number of aliphatic hydroxyl groups is 1. The van der Waals surface area contributed by atoms with Crippen molar-refractivity contribution in [3.8, 4) is 0 Å². The Labute approximate surface area is 115 Å². The van der Waals surface area contributed by atoms with Gasteiger partial charge >= 0.3 is 0 Å². The van der Waals surface area contributed by atoms with Crippen molar-refractivity contribution in [2.24, 2.45) is 29.6 Å². The van der Waals surface area contributed by atoms with Crippen LogP contribution in [0.4, 0.5) is 0 Å². The molecule has 0 aliphatic heterocycles. The maximum Gasteiger partial charge on any atom is 0.155 e. The molecule has 4 aliphatic carbocycles. The minimum atomic E-state index is -0.0178. The molecule has 1 N–H and O–H groups in total. The molecule has 0 heterocycles. The Kier molecular flexibility index (Phi) is 2.84. The summed E-state index contributed by atoms with van der Waals surface area (Å²) < 4.78 is 0. The molecule has 0 radical (unpaired) electrons. The fraction of sp³-hybridized carbons (Fsp3) is 0.824. The lowest BCUT2D eigenvalue weighted by molar-refractivity contribution is -0.115. The van der Waals surface area contributed by atoms with Gasteiger partial charge in [-0.2, -0.15) is 0 Å². The van der Waals surface area contributed by atoms with Crippen molar-refractivity contribution in [3.63, 3.8) is 0 Å². The van der Waals surface area contributed by atoms with Crippen molar-refractivity contribution in [1.82, 2.24) is 0 Å². The summed E-state index contributed by atoms with van der Waals surface area (Å²) in [6.45, 7) is 0. The standard InChI is InChI=1S/C17H24O2/c18-11-2-4-12-10(9-11)1-3-14-13(12)5-6-16-15(14)7-8-17(16)19/h9,12-17,19H,1-8H2/t12-,13+,14+,15-,16-,17?/m0/s1. The fourth-order valence-corrected chi connectivity index (χ4v) is 5.81. The number of hydrogen-bond donors (Lipinski definition) is 1. The SMILES string of the molecule is O=C1C=C2CC[C@H]3[C@@H]4CCC(O)[C@H]4CC[C@@H]3[C@H]2CC1. The molecule has 6 atom stereocenters. The zero-order chi connectivity index (χ0) is 13.0. The van der Waals surface area contributed by atoms with Crippen molar-refractivity contribution < 1.29 is 9.90 Å². The zero-order valence-electron chi connectivity index (χ0n) is 11.6. The summed E-state index contributed by atoms with van der Waals surface area (Å²) in [5.41, 5.74) is 1.47. The number of fused-ring (bicyclic) bond motifs is 5. The number of rotatable bonds is 0. The second-order valence-corrected chi connectivity index (χ2v) is 7.25. The first-order valence-corrected chi connectivity index (χ1v) is 8.15. The Morgan fingerprint density at radius 1 is 0.842 bits per heavy atom. The monoisotopic (exact) mass is 260 g/mol. The van der Waals surface area contributed by atoms with Crippen LogP contribution in [0.15, 0.2) is 11.6 Å². The summed E-state index contributed by atoms with van der Waals surface area (Å²) in [5, 5.41) is 10.1. The molecule has 4 rings (SSSR count). The second-order valence-electron chi connectivity index (χ2n) is 7.25. The first kappa shape index (κ1) is 12.1. The Balaban J connectivity index is 1.60. The maximum absolute atomic E-state index is 11.6. The number of carbonyl (C=O) groups is 1. The quantitative estimate of drug-likeness (QED) is 0.726. The van der Waals surface area contributed by atoms with Crippen LogP contribution in [-0.4, -0.2) is 17.0 Å². The third kappa shape index (κ3) is 1.83. The second kappa shape index (κ2) is 4.44. The van der Waals surface area contributed by atoms with Crippen LogP contribution in [0.1, 0.15) is 51.4 Å². The molecule has 0 amide bonds. The van der Waals surface area contributed by atoms with Gasteiger partial charge in [0.15, 0.2) is 5.78 Å². The minimum absolute atomic E-state index is 0.0178. The molecular weight excluding hydrogens is 236 g/mol. The lowest BCUT2D eigenvalue weighted by atomic mass is 9.56. The Bertz CT molecular complexity index is 425. The van der Waals surface area contributed by atoms with Crippen molar-refractivity contribution >= 4 is 5.78 Å². The average Bonchev–Trinajstić information content (AvgIpc) is 2.80. The van der Waals surface area contributed by atoms with Gasteiger partial charge in [-0.1, -0.05) is 5.57 Å². The highest BCUT2D eigenvalue weighted by Crippen LogP contribution is 2.56. The highest BCUT2D eigenvalue weighted by molar-refractivity contribution is 5.91. The van der Waals surface area contributed by atoms with E-state index in [1.807, 2.05) is 6.08 Å². The number of hydrogen-bond acceptors (Lipinski definition) is 2. The summed E-state index contributed by atoms with van der Waals surface area (Å²) in [6.07, 6.45) is 11.0. The third-order valence-corrected chi connectivity index (χ3v) is 6.58. The average molecular weight is 260 g/mol. The highest BCUT2D eigenvalue weighted by atomic mass is 16.3. The van der Waals surface area contributed by atoms with Crippen LogP contribution in [-0.2, 0) is 4.79 Å². The summed E-state index contributed by atoms with van der Waals surface area (Å²) in [6, 6.07) is 0. The van der Waals surface area contributed by atoms with Crippen LogP contribution in [0.2, 0.25) is 0 Å². The van der Waals surface area contributed by atoms with Gasteiger partial charge in [-0.15, -0.1) is 0 Å². The van der Waals surface area contributed by atoms with Crippen LogP contribution < -0.4 is 0 Å². The van der Waals surface area contributed by atoms with Crippen molar-refractivity contribution in [2.45, 2.75) is 57.5 Å². The van der Waals surface area contributed by atoms with Crippen LogP contribution in [0.3, 0.4) is 0 Å². The van der Waals surface area contributed by atoms with E-state index in [1.54, 1.807) is 0 Å². The molecule has 19 heavy (non-hydrogen) atoms. The zero-order valence-corrected chi connectivity index (χ0v) is 11.6. The molecule has 104 valence electrons. The van der Waals surface area contributed by atoms with Gasteiger partial charge in [0.2, 0.25) is 0 Å². The van der Waals surface area contributed by atoms with E-state index in [1.165, 1.54) is 31.3 Å². The van der Waals surface area contributed by atoms with Crippen LogP contribution >= 0.6 is 0 Å². The minimum Gasteiger partial charge on any atom is -0.393 e. The Morgan fingerprint density at radius 2 is 1.58 bits per heavy atom. The van der Waals surface area contributed by atoms with Gasteiger partial charge in [0.25, 0.3) is 0 Å². The first-order valence-electron chi connectivity index (χ1n) is 8.15. The van der Waals surface area contributed by atoms with Crippen LogP contribution in [0.5, 0.6) is 0 Å². The Hall–Kier alpha value is -0.630. The normalized spacial score (nSPS) is 49.1. The number of allylic oxidation sites excluding steroid dienone is 1. The number of ketones is 1. The molecule has 3 saturated carbocycles. The van der Waals surface area contributed by atoms with Crippen molar-refractivity contribution in [2.75, 3.05) is 0 Å². The van der Waals surface area contributed by atoms with Crippen molar-refractivity contribution in [1.29, 1.82) is 0 Å². The molecule has 2 nitrogen and oxygen atoms in total. The summed E-state index contributed by atoms with van der Waals surface area (Å²) >= 11 is 0. The molecule has 0 aromatic heterocycles. The van der Waals surface area contributed by atoms with Gasteiger partial charge in [0.05, 0.1) is 6.10 Å². The Morgan fingerprint density at radius 3 is 2.47 bits per heavy atom. The lowest BCUT2D eigenvalue weighted by Crippen LogP contribution is -2.42. The van der Waals surface area contributed by atoms with Gasteiger partial charge in [-0.3, -0.25) is 4.79 Å². The van der Waals surface area contributed by atoms with Crippen LogP contribution in [0, 0.1) is 29.6 Å². The first-order chi connectivity index (χ1) is 9.24. The molecule has 0 aromatic carbocycles. The molecule has 0 bridgehead atoms. The van der Waals surface area contributed by atoms with E-state index < -0.39 is 0 Å². The van der Waals surface area contributed by atoms with Gasteiger partial charge in [0.1, 0.15) is 0 Å². The van der Waals surface area contributed by atoms with E-state index in [4.69, 9.17) is 0 Å². The van der Waals surface area contributed by atoms with Gasteiger partial charge in [-0.25, -0.2) is 0 Å². The summed E-state index contributed by atoms with van der Waals surface area (Å²) in [4.78, 5) is 11.6. The largest absolute Gasteiger partial charge is 0.393 e. The smallest absolute Gasteiger partial charge is 0.155 e. The molecule has 0 saturated heterocycles. The lowest BCUT2D eigenvalue weighted by Gasteiger charge is -2.49. The van der Waals surface area contributed by atoms with E-state index in [9.17, 15) is 9.90 Å². The van der Waals surface area contributed by atoms with Gasteiger partial charge < -0.3 is 5.11 Å². The number of carbonyl (C=O) groups excluding carboxylic acids is 1. The molecule has 1 unspecified atom stereocenters. The predicted octanol–water partition coefficient (Wildman–Crippen LogP) is 3.10. The number of aliphatic hydroxyl groups excluding tert-OH is 1. The topological polar surface area (TPSA) is 37.3 Å². The van der Waals surface area contributed by atoms with E-state index >= 15 is 0 Å². The van der Waals surface area contributed by atoms with E-state index in [-0.39, 0.29) is 6.10 Å². The highest BCUT2D eigenvalue weighted by Gasteiger charge is 2.49.